The normalized spacial score (nSPS) is 10.1. The summed E-state index contributed by atoms with van der Waals surface area (Å²) >= 11 is 0. The van der Waals surface area contributed by atoms with Gasteiger partial charge in [-0.15, -0.1) is 0 Å². The van der Waals surface area contributed by atoms with Crippen LogP contribution in [0.2, 0.25) is 0 Å². The van der Waals surface area contributed by atoms with Crippen molar-refractivity contribution in [1.29, 1.82) is 0 Å². The van der Waals surface area contributed by atoms with E-state index >= 15 is 0 Å². The Balaban J connectivity index is 3.14. The zero-order chi connectivity index (χ0) is 11.4. The average Bonchev–Trinajstić information content (AvgIpc) is 2.11. The quantitative estimate of drug-likeness (QED) is 0.826. The summed E-state index contributed by atoms with van der Waals surface area (Å²) in [4.78, 5) is 11.1. The highest BCUT2D eigenvalue weighted by molar-refractivity contribution is 5.90. The number of rotatable bonds is 3. The van der Waals surface area contributed by atoms with E-state index in [0.29, 0.717) is 6.61 Å². The maximum absolute atomic E-state index is 11.1. The van der Waals surface area contributed by atoms with Crippen molar-refractivity contribution in [3.63, 3.8) is 0 Å². The molecule has 0 aliphatic rings. The fourth-order valence-electron chi connectivity index (χ4n) is 1.68. The van der Waals surface area contributed by atoms with E-state index in [1.165, 1.54) is 12.5 Å². The minimum atomic E-state index is -0.0562. The molecule has 0 spiro atoms. The van der Waals surface area contributed by atoms with Gasteiger partial charge in [-0.05, 0) is 19.4 Å². The van der Waals surface area contributed by atoms with Crippen LogP contribution in [0.1, 0.15) is 23.6 Å². The molecule has 0 aromatic heterocycles. The number of methoxy groups -OCH3 is 1. The van der Waals surface area contributed by atoms with E-state index in [1.807, 2.05) is 26.0 Å². The molecule has 0 saturated heterocycles. The molecule has 3 heteroatoms. The highest BCUT2D eigenvalue weighted by atomic mass is 16.5. The topological polar surface area (TPSA) is 38.3 Å². The molecule has 1 N–H and O–H groups in total. The van der Waals surface area contributed by atoms with Crippen LogP contribution in [-0.4, -0.2) is 13.0 Å². The summed E-state index contributed by atoms with van der Waals surface area (Å²) in [5.74, 6) is -0.0562. The highest BCUT2D eigenvalue weighted by Crippen LogP contribution is 2.23. The van der Waals surface area contributed by atoms with Gasteiger partial charge in [0.2, 0.25) is 5.91 Å². The first-order chi connectivity index (χ1) is 7.04. The van der Waals surface area contributed by atoms with E-state index in [0.717, 1.165) is 16.8 Å². The maximum atomic E-state index is 11.1. The van der Waals surface area contributed by atoms with E-state index < -0.39 is 0 Å². The van der Waals surface area contributed by atoms with Crippen LogP contribution in [0.3, 0.4) is 0 Å². The van der Waals surface area contributed by atoms with Gasteiger partial charge in [0.1, 0.15) is 0 Å². The van der Waals surface area contributed by atoms with E-state index in [4.69, 9.17) is 4.74 Å². The van der Waals surface area contributed by atoms with Crippen molar-refractivity contribution < 1.29 is 9.53 Å². The van der Waals surface area contributed by atoms with Crippen LogP contribution in [0.25, 0.3) is 0 Å². The highest BCUT2D eigenvalue weighted by Gasteiger charge is 2.07. The van der Waals surface area contributed by atoms with E-state index in [1.54, 1.807) is 7.11 Å². The van der Waals surface area contributed by atoms with E-state index in [9.17, 15) is 4.79 Å². The van der Waals surface area contributed by atoms with E-state index in [2.05, 4.69) is 5.32 Å². The van der Waals surface area contributed by atoms with Crippen molar-refractivity contribution >= 4 is 11.6 Å². The average molecular weight is 207 g/mol. The van der Waals surface area contributed by atoms with Gasteiger partial charge in [0.25, 0.3) is 0 Å². The molecule has 1 rings (SSSR count). The van der Waals surface area contributed by atoms with Crippen molar-refractivity contribution in [3.05, 3.63) is 28.8 Å². The molecule has 0 saturated carbocycles. The van der Waals surface area contributed by atoms with Gasteiger partial charge in [-0.2, -0.15) is 0 Å². The summed E-state index contributed by atoms with van der Waals surface area (Å²) in [6, 6.07) is 4.08. The first-order valence-corrected chi connectivity index (χ1v) is 4.91. The molecule has 0 aliphatic carbocycles. The van der Waals surface area contributed by atoms with Crippen LogP contribution in [0.4, 0.5) is 5.69 Å². The van der Waals surface area contributed by atoms with Crippen molar-refractivity contribution in [2.75, 3.05) is 12.4 Å². The molecule has 82 valence electrons. The molecule has 0 bridgehead atoms. The molecule has 1 aromatic carbocycles. The fourth-order valence-corrected chi connectivity index (χ4v) is 1.68. The summed E-state index contributed by atoms with van der Waals surface area (Å²) in [6.45, 7) is 6.04. The number of hydrogen-bond acceptors (Lipinski definition) is 2. The lowest BCUT2D eigenvalue weighted by Gasteiger charge is -2.13. The Labute approximate surface area is 90.4 Å². The minimum absolute atomic E-state index is 0.0562. The Kier molecular flexibility index (Phi) is 3.86. The summed E-state index contributed by atoms with van der Waals surface area (Å²) < 4.78 is 5.11. The van der Waals surface area contributed by atoms with Gasteiger partial charge >= 0.3 is 0 Å². The number of anilines is 1. The molecule has 3 nitrogen and oxygen atoms in total. The second-order valence-electron chi connectivity index (χ2n) is 3.73. The van der Waals surface area contributed by atoms with Crippen LogP contribution < -0.4 is 5.32 Å². The smallest absolute Gasteiger partial charge is 0.221 e. The lowest BCUT2D eigenvalue weighted by molar-refractivity contribution is -0.114. The van der Waals surface area contributed by atoms with Gasteiger partial charge in [-0.3, -0.25) is 4.79 Å². The SMILES string of the molecule is COCc1cc(C)cc(C)c1NC(C)=O. The van der Waals surface area contributed by atoms with Crippen LogP contribution in [0.15, 0.2) is 12.1 Å². The molecule has 0 radical (unpaired) electrons. The van der Waals surface area contributed by atoms with Crippen molar-refractivity contribution in [2.45, 2.75) is 27.4 Å². The van der Waals surface area contributed by atoms with Crippen molar-refractivity contribution in [2.24, 2.45) is 0 Å². The number of carbonyl (C=O) groups excluding carboxylic acids is 1. The van der Waals surface area contributed by atoms with Gasteiger partial charge in [-0.25, -0.2) is 0 Å². The zero-order valence-electron chi connectivity index (χ0n) is 9.68. The number of nitrogens with one attached hydrogen (secondary N) is 1. The summed E-state index contributed by atoms with van der Waals surface area (Å²) in [7, 11) is 1.65. The molecule has 0 heterocycles. The third-order valence-corrected chi connectivity index (χ3v) is 2.16. The predicted octanol–water partition coefficient (Wildman–Crippen LogP) is 2.41. The summed E-state index contributed by atoms with van der Waals surface area (Å²) in [5.41, 5.74) is 4.13. The van der Waals surface area contributed by atoms with Crippen molar-refractivity contribution in [3.8, 4) is 0 Å². The zero-order valence-corrected chi connectivity index (χ0v) is 9.68. The van der Waals surface area contributed by atoms with Crippen LogP contribution in [0, 0.1) is 13.8 Å². The Bertz CT molecular complexity index is 372. The molecule has 0 aliphatic heterocycles. The number of ether oxygens (including phenoxy) is 1. The van der Waals surface area contributed by atoms with Gasteiger partial charge in [0.05, 0.1) is 6.61 Å². The summed E-state index contributed by atoms with van der Waals surface area (Å²) in [6.07, 6.45) is 0. The molecule has 0 atom stereocenters. The Hall–Kier alpha value is -1.35. The predicted molar refractivity (Wildman–Crippen MR) is 60.9 cm³/mol. The minimum Gasteiger partial charge on any atom is -0.380 e. The van der Waals surface area contributed by atoms with Crippen LogP contribution >= 0.6 is 0 Å². The number of hydrogen-bond donors (Lipinski definition) is 1. The Morgan fingerprint density at radius 1 is 1.40 bits per heavy atom. The third kappa shape index (κ3) is 3.06. The van der Waals surface area contributed by atoms with E-state index in [-0.39, 0.29) is 5.91 Å². The van der Waals surface area contributed by atoms with Gasteiger partial charge in [0, 0.05) is 25.3 Å². The number of benzene rings is 1. The Morgan fingerprint density at radius 2 is 2.07 bits per heavy atom. The number of amides is 1. The van der Waals surface area contributed by atoms with Crippen LogP contribution in [0.5, 0.6) is 0 Å². The standard InChI is InChI=1S/C12H17NO2/c1-8-5-9(2)12(13-10(3)14)11(6-8)7-15-4/h5-6H,7H2,1-4H3,(H,13,14). The molecular formula is C12H17NO2. The molecule has 1 amide bonds. The third-order valence-electron chi connectivity index (χ3n) is 2.16. The first kappa shape index (κ1) is 11.7. The fraction of sp³-hybridized carbons (Fsp3) is 0.417. The monoisotopic (exact) mass is 207 g/mol. The second kappa shape index (κ2) is 4.94. The molecule has 0 unspecified atom stereocenters. The maximum Gasteiger partial charge on any atom is 0.221 e. The number of carbonyl (C=O) groups is 1. The van der Waals surface area contributed by atoms with Crippen molar-refractivity contribution in [1.82, 2.24) is 0 Å². The number of aryl methyl sites for hydroxylation is 2. The largest absolute Gasteiger partial charge is 0.380 e. The van der Waals surface area contributed by atoms with Gasteiger partial charge in [0.15, 0.2) is 0 Å². The second-order valence-corrected chi connectivity index (χ2v) is 3.73. The summed E-state index contributed by atoms with van der Waals surface area (Å²) in [5, 5.41) is 2.83. The lowest BCUT2D eigenvalue weighted by Crippen LogP contribution is -2.10. The lowest BCUT2D eigenvalue weighted by atomic mass is 10.0. The molecule has 0 fully saturated rings. The van der Waals surface area contributed by atoms with Gasteiger partial charge < -0.3 is 10.1 Å². The molecular weight excluding hydrogens is 190 g/mol. The van der Waals surface area contributed by atoms with Crippen LogP contribution in [-0.2, 0) is 16.1 Å². The first-order valence-electron chi connectivity index (χ1n) is 4.91. The Morgan fingerprint density at radius 3 is 2.60 bits per heavy atom. The molecule has 1 aromatic rings. The van der Waals surface area contributed by atoms with Gasteiger partial charge in [-0.1, -0.05) is 17.7 Å². The molecule has 15 heavy (non-hydrogen) atoms.